The van der Waals surface area contributed by atoms with Crippen LogP contribution in [0.4, 0.5) is 5.69 Å². The molecule has 0 aromatic heterocycles. The van der Waals surface area contributed by atoms with Crippen LogP contribution < -0.4 is 5.32 Å². The molecule has 1 aromatic carbocycles. The van der Waals surface area contributed by atoms with E-state index in [0.29, 0.717) is 6.04 Å². The zero-order valence-corrected chi connectivity index (χ0v) is 12.6. The maximum Gasteiger partial charge on any atom is 0.230 e. The van der Waals surface area contributed by atoms with Gasteiger partial charge in [-0.25, -0.2) is 0 Å². The average molecular weight is 288 g/mol. The Morgan fingerprint density at radius 2 is 2.19 bits per heavy atom. The molecule has 2 aliphatic rings. The number of anilines is 1. The molecule has 4 nitrogen and oxygen atoms in total. The fourth-order valence-electron chi connectivity index (χ4n) is 3.65. The quantitative estimate of drug-likeness (QED) is 0.878. The Bertz CT molecular complexity index is 517. The van der Waals surface area contributed by atoms with E-state index in [-0.39, 0.29) is 24.5 Å². The van der Waals surface area contributed by atoms with Gasteiger partial charge in [0.15, 0.2) is 0 Å². The van der Waals surface area contributed by atoms with E-state index in [1.807, 2.05) is 23.1 Å². The average Bonchev–Trinajstić information content (AvgIpc) is 2.53. The molecule has 2 heterocycles. The van der Waals surface area contributed by atoms with Crippen molar-refractivity contribution in [3.63, 3.8) is 0 Å². The highest BCUT2D eigenvalue weighted by molar-refractivity contribution is 5.87. The third-order valence-corrected chi connectivity index (χ3v) is 4.75. The summed E-state index contributed by atoms with van der Waals surface area (Å²) in [6.45, 7) is 2.98. The number of likely N-dealkylation sites (tertiary alicyclic amines) is 1. The number of aliphatic hydroxyl groups excluding tert-OH is 1. The molecule has 0 bridgehead atoms. The Balaban J connectivity index is 1.87. The van der Waals surface area contributed by atoms with Crippen LogP contribution in [0.3, 0.4) is 0 Å². The maximum absolute atomic E-state index is 13.0. The number of fused-ring (bicyclic) bond motifs is 1. The molecule has 3 rings (SSSR count). The number of hydrogen-bond acceptors (Lipinski definition) is 3. The van der Waals surface area contributed by atoms with E-state index >= 15 is 0 Å². The van der Waals surface area contributed by atoms with Gasteiger partial charge in [0, 0.05) is 18.3 Å². The molecule has 1 fully saturated rings. The number of amides is 1. The largest absolute Gasteiger partial charge is 0.394 e. The molecule has 2 aliphatic heterocycles. The highest BCUT2D eigenvalue weighted by Gasteiger charge is 2.35. The molecule has 0 saturated carbocycles. The summed E-state index contributed by atoms with van der Waals surface area (Å²) in [5.41, 5.74) is 2.18. The van der Waals surface area contributed by atoms with Gasteiger partial charge in [-0.15, -0.1) is 0 Å². The van der Waals surface area contributed by atoms with Crippen LogP contribution in [0.25, 0.3) is 0 Å². The normalized spacial score (nSPS) is 28.7. The molecule has 0 aliphatic carbocycles. The minimum atomic E-state index is -0.0791. The SMILES string of the molecule is CC1CC(C(=O)N2CCCCC2CO)c2ccccc2N1. The smallest absolute Gasteiger partial charge is 0.230 e. The summed E-state index contributed by atoms with van der Waals surface area (Å²) in [7, 11) is 0. The van der Waals surface area contributed by atoms with Crippen LogP contribution in [-0.4, -0.2) is 41.1 Å². The first-order chi connectivity index (χ1) is 10.2. The van der Waals surface area contributed by atoms with E-state index in [0.717, 1.165) is 43.5 Å². The van der Waals surface area contributed by atoms with Crippen LogP contribution in [0.5, 0.6) is 0 Å². The molecular weight excluding hydrogens is 264 g/mol. The van der Waals surface area contributed by atoms with Crippen molar-refractivity contribution < 1.29 is 9.90 Å². The Labute approximate surface area is 126 Å². The summed E-state index contributed by atoms with van der Waals surface area (Å²) >= 11 is 0. The number of hydrogen-bond donors (Lipinski definition) is 2. The number of carbonyl (C=O) groups is 1. The summed E-state index contributed by atoms with van der Waals surface area (Å²) in [5, 5.41) is 13.0. The molecule has 1 saturated heterocycles. The lowest BCUT2D eigenvalue weighted by molar-refractivity contribution is -0.137. The fourth-order valence-corrected chi connectivity index (χ4v) is 3.65. The summed E-state index contributed by atoms with van der Waals surface area (Å²) < 4.78 is 0. The second kappa shape index (κ2) is 6.06. The van der Waals surface area contributed by atoms with Crippen molar-refractivity contribution >= 4 is 11.6 Å². The van der Waals surface area contributed by atoms with Gasteiger partial charge in [-0.05, 0) is 44.2 Å². The lowest BCUT2D eigenvalue weighted by atomic mass is 9.85. The van der Waals surface area contributed by atoms with Gasteiger partial charge in [-0.3, -0.25) is 4.79 Å². The van der Waals surface area contributed by atoms with Crippen molar-refractivity contribution in [2.24, 2.45) is 0 Å². The number of nitrogens with zero attached hydrogens (tertiary/aromatic N) is 1. The molecule has 21 heavy (non-hydrogen) atoms. The van der Waals surface area contributed by atoms with E-state index in [1.165, 1.54) is 0 Å². The van der Waals surface area contributed by atoms with Crippen LogP contribution in [0.2, 0.25) is 0 Å². The first kappa shape index (κ1) is 14.4. The van der Waals surface area contributed by atoms with Crippen LogP contribution in [0.1, 0.15) is 44.1 Å². The van der Waals surface area contributed by atoms with Crippen molar-refractivity contribution in [3.8, 4) is 0 Å². The number of piperidine rings is 1. The second-order valence-corrected chi connectivity index (χ2v) is 6.28. The van der Waals surface area contributed by atoms with Crippen molar-refractivity contribution in [3.05, 3.63) is 29.8 Å². The minimum Gasteiger partial charge on any atom is -0.394 e. The first-order valence-corrected chi connectivity index (χ1v) is 7.97. The van der Waals surface area contributed by atoms with Crippen molar-refractivity contribution in [1.29, 1.82) is 0 Å². The monoisotopic (exact) mass is 288 g/mol. The molecule has 1 aromatic rings. The Morgan fingerprint density at radius 3 is 3.00 bits per heavy atom. The van der Waals surface area contributed by atoms with Gasteiger partial charge in [-0.2, -0.15) is 0 Å². The molecule has 4 heteroatoms. The molecule has 114 valence electrons. The van der Waals surface area contributed by atoms with Crippen LogP contribution >= 0.6 is 0 Å². The minimum absolute atomic E-state index is 0.00334. The molecule has 3 atom stereocenters. The summed E-state index contributed by atoms with van der Waals surface area (Å²) in [4.78, 5) is 14.9. The highest BCUT2D eigenvalue weighted by atomic mass is 16.3. The molecule has 2 N–H and O–H groups in total. The van der Waals surface area contributed by atoms with Gasteiger partial charge >= 0.3 is 0 Å². The molecule has 0 spiro atoms. The standard InChI is InChI=1S/C17H24N2O2/c1-12-10-15(14-7-2-3-8-16(14)18-12)17(21)19-9-5-4-6-13(19)11-20/h2-3,7-8,12-13,15,18,20H,4-6,9-11H2,1H3. The van der Waals surface area contributed by atoms with Crippen molar-refractivity contribution in [1.82, 2.24) is 4.90 Å². The molecule has 3 unspecified atom stereocenters. The van der Waals surface area contributed by atoms with Gasteiger partial charge in [0.2, 0.25) is 5.91 Å². The van der Waals surface area contributed by atoms with Crippen LogP contribution in [0.15, 0.2) is 24.3 Å². The predicted molar refractivity (Wildman–Crippen MR) is 83.3 cm³/mol. The topological polar surface area (TPSA) is 52.6 Å². The number of benzene rings is 1. The summed E-state index contributed by atoms with van der Waals surface area (Å²) in [5.74, 6) is 0.110. The van der Waals surface area contributed by atoms with E-state index in [1.54, 1.807) is 0 Å². The lowest BCUT2D eigenvalue weighted by Crippen LogP contribution is -2.48. The summed E-state index contributed by atoms with van der Waals surface area (Å²) in [6.07, 6.45) is 3.90. The first-order valence-electron chi connectivity index (χ1n) is 7.97. The van der Waals surface area contributed by atoms with E-state index in [4.69, 9.17) is 0 Å². The van der Waals surface area contributed by atoms with Gasteiger partial charge in [0.1, 0.15) is 0 Å². The number of aliphatic hydroxyl groups is 1. The third-order valence-electron chi connectivity index (χ3n) is 4.75. The zero-order valence-electron chi connectivity index (χ0n) is 12.6. The second-order valence-electron chi connectivity index (χ2n) is 6.28. The Kier molecular flexibility index (Phi) is 4.15. The Morgan fingerprint density at radius 1 is 1.38 bits per heavy atom. The maximum atomic E-state index is 13.0. The Hall–Kier alpha value is -1.55. The number of carbonyl (C=O) groups excluding carboxylic acids is 1. The third kappa shape index (κ3) is 2.77. The number of rotatable bonds is 2. The predicted octanol–water partition coefficient (Wildman–Crippen LogP) is 2.35. The molecule has 1 amide bonds. The van der Waals surface area contributed by atoms with Gasteiger partial charge in [-0.1, -0.05) is 18.2 Å². The van der Waals surface area contributed by atoms with Crippen LogP contribution in [0, 0.1) is 0 Å². The summed E-state index contributed by atoms with van der Waals surface area (Å²) in [6, 6.07) is 8.40. The van der Waals surface area contributed by atoms with E-state index in [9.17, 15) is 9.90 Å². The number of nitrogens with one attached hydrogen (secondary N) is 1. The highest BCUT2D eigenvalue weighted by Crippen LogP contribution is 2.36. The molecular formula is C17H24N2O2. The molecule has 0 radical (unpaired) electrons. The zero-order chi connectivity index (χ0) is 14.8. The van der Waals surface area contributed by atoms with E-state index < -0.39 is 0 Å². The van der Waals surface area contributed by atoms with Gasteiger partial charge in [0.25, 0.3) is 0 Å². The fraction of sp³-hybridized carbons (Fsp3) is 0.588. The van der Waals surface area contributed by atoms with E-state index in [2.05, 4.69) is 18.3 Å². The van der Waals surface area contributed by atoms with Crippen molar-refractivity contribution in [2.45, 2.75) is 50.6 Å². The number of para-hydroxylation sites is 1. The van der Waals surface area contributed by atoms with Gasteiger partial charge < -0.3 is 15.3 Å². The lowest BCUT2D eigenvalue weighted by Gasteiger charge is -2.39. The van der Waals surface area contributed by atoms with Gasteiger partial charge in [0.05, 0.1) is 18.6 Å². The van der Waals surface area contributed by atoms with Crippen LogP contribution in [-0.2, 0) is 4.79 Å². The van der Waals surface area contributed by atoms with Crippen molar-refractivity contribution in [2.75, 3.05) is 18.5 Å².